The first-order chi connectivity index (χ1) is 8.24. The number of hydrogen-bond donors (Lipinski definition) is 1. The Bertz CT molecular complexity index is 511. The van der Waals surface area contributed by atoms with E-state index < -0.39 is 0 Å². The zero-order valence-electron chi connectivity index (χ0n) is 10.1. The van der Waals surface area contributed by atoms with Gasteiger partial charge < -0.3 is 10.5 Å². The minimum Gasteiger partial charge on any atom is -0.496 e. The summed E-state index contributed by atoms with van der Waals surface area (Å²) in [6, 6.07) is 9.55. The predicted molar refractivity (Wildman–Crippen MR) is 68.0 cm³/mol. The summed E-state index contributed by atoms with van der Waals surface area (Å²) in [4.78, 5) is 4.13. The minimum atomic E-state index is -0.208. The summed E-state index contributed by atoms with van der Waals surface area (Å²) in [5, 5.41) is 0. The van der Waals surface area contributed by atoms with Crippen molar-refractivity contribution < 1.29 is 4.74 Å². The lowest BCUT2D eigenvalue weighted by atomic mass is 9.97. The lowest BCUT2D eigenvalue weighted by molar-refractivity contribution is 0.408. The number of nitrogens with zero attached hydrogens (tertiary/aromatic N) is 1. The molecule has 2 N–H and O–H groups in total. The summed E-state index contributed by atoms with van der Waals surface area (Å²) in [5.41, 5.74) is 9.41. The second kappa shape index (κ2) is 4.97. The van der Waals surface area contributed by atoms with E-state index in [0.29, 0.717) is 0 Å². The van der Waals surface area contributed by atoms with Crippen LogP contribution in [0.3, 0.4) is 0 Å². The van der Waals surface area contributed by atoms with E-state index in [-0.39, 0.29) is 6.04 Å². The fraction of sp³-hybridized carbons (Fsp3) is 0.214. The van der Waals surface area contributed by atoms with E-state index in [4.69, 9.17) is 10.5 Å². The third kappa shape index (κ3) is 2.29. The van der Waals surface area contributed by atoms with Crippen LogP contribution >= 0.6 is 0 Å². The average molecular weight is 228 g/mol. The fourth-order valence-electron chi connectivity index (χ4n) is 1.89. The van der Waals surface area contributed by atoms with Gasteiger partial charge in [0.1, 0.15) is 5.75 Å². The van der Waals surface area contributed by atoms with Crippen LogP contribution in [0, 0.1) is 6.92 Å². The van der Waals surface area contributed by atoms with Crippen molar-refractivity contribution in [2.75, 3.05) is 7.11 Å². The second-order valence-electron chi connectivity index (χ2n) is 3.95. The molecule has 2 rings (SSSR count). The van der Waals surface area contributed by atoms with Crippen LogP contribution < -0.4 is 10.5 Å². The Morgan fingerprint density at radius 2 is 1.94 bits per heavy atom. The molecule has 0 bridgehead atoms. The number of rotatable bonds is 3. The highest BCUT2D eigenvalue weighted by molar-refractivity contribution is 5.42. The zero-order valence-corrected chi connectivity index (χ0v) is 10.1. The van der Waals surface area contributed by atoms with Gasteiger partial charge in [0.2, 0.25) is 0 Å². The van der Waals surface area contributed by atoms with Crippen LogP contribution in [0.25, 0.3) is 0 Å². The average Bonchev–Trinajstić information content (AvgIpc) is 2.38. The Hall–Kier alpha value is -1.87. The largest absolute Gasteiger partial charge is 0.496 e. The van der Waals surface area contributed by atoms with Crippen molar-refractivity contribution in [2.24, 2.45) is 5.73 Å². The lowest BCUT2D eigenvalue weighted by Gasteiger charge is -2.17. The number of benzene rings is 1. The lowest BCUT2D eigenvalue weighted by Crippen LogP contribution is -2.14. The van der Waals surface area contributed by atoms with Crippen molar-refractivity contribution in [2.45, 2.75) is 13.0 Å². The van der Waals surface area contributed by atoms with Gasteiger partial charge >= 0.3 is 0 Å². The number of nitrogens with two attached hydrogens (primary N) is 1. The molecule has 0 aliphatic carbocycles. The number of pyridine rings is 1. The van der Waals surface area contributed by atoms with Gasteiger partial charge in [-0.05, 0) is 30.2 Å². The summed E-state index contributed by atoms with van der Waals surface area (Å²) < 4.78 is 5.33. The molecule has 0 aliphatic rings. The molecule has 88 valence electrons. The summed E-state index contributed by atoms with van der Waals surface area (Å²) in [6.45, 7) is 2.03. The van der Waals surface area contributed by atoms with E-state index in [2.05, 4.69) is 4.98 Å². The summed E-state index contributed by atoms with van der Waals surface area (Å²) in [6.07, 6.45) is 3.58. The highest BCUT2D eigenvalue weighted by Crippen LogP contribution is 2.28. The monoisotopic (exact) mass is 228 g/mol. The predicted octanol–water partition coefficient (Wildman–Crippen LogP) is 2.45. The third-order valence-corrected chi connectivity index (χ3v) is 2.89. The summed E-state index contributed by atoms with van der Waals surface area (Å²) >= 11 is 0. The van der Waals surface area contributed by atoms with Crippen molar-refractivity contribution in [1.29, 1.82) is 0 Å². The van der Waals surface area contributed by atoms with Crippen LogP contribution in [-0.4, -0.2) is 12.1 Å². The van der Waals surface area contributed by atoms with Gasteiger partial charge in [0, 0.05) is 18.0 Å². The van der Waals surface area contributed by atoms with Gasteiger partial charge in [-0.1, -0.05) is 18.2 Å². The molecule has 1 unspecified atom stereocenters. The molecule has 2 aromatic rings. The number of para-hydroxylation sites is 1. The second-order valence-corrected chi connectivity index (χ2v) is 3.95. The van der Waals surface area contributed by atoms with E-state index >= 15 is 0 Å². The number of methoxy groups -OCH3 is 1. The van der Waals surface area contributed by atoms with Crippen LogP contribution in [0.2, 0.25) is 0 Å². The molecule has 3 heteroatoms. The first-order valence-corrected chi connectivity index (χ1v) is 5.53. The van der Waals surface area contributed by atoms with Crippen molar-refractivity contribution in [3.63, 3.8) is 0 Å². The maximum atomic E-state index is 6.27. The van der Waals surface area contributed by atoms with Crippen molar-refractivity contribution in [1.82, 2.24) is 4.98 Å². The van der Waals surface area contributed by atoms with Crippen molar-refractivity contribution in [3.8, 4) is 5.75 Å². The standard InChI is InChI=1S/C14H16N2O/c1-10-7-8-16-9-12(10)14(15)11-5-3-4-6-13(11)17-2/h3-9,14H,15H2,1-2H3. The Morgan fingerprint density at radius 1 is 1.18 bits per heavy atom. The van der Waals surface area contributed by atoms with E-state index in [1.807, 2.05) is 43.5 Å². The van der Waals surface area contributed by atoms with Gasteiger partial charge in [-0.15, -0.1) is 0 Å². The Balaban J connectivity index is 2.44. The molecule has 0 aliphatic heterocycles. The van der Waals surface area contributed by atoms with Crippen LogP contribution in [0.4, 0.5) is 0 Å². The smallest absolute Gasteiger partial charge is 0.123 e. The molecule has 1 heterocycles. The SMILES string of the molecule is COc1ccccc1C(N)c1cnccc1C. The molecule has 0 fully saturated rings. The highest BCUT2D eigenvalue weighted by atomic mass is 16.5. The molecule has 1 atom stereocenters. The normalized spacial score (nSPS) is 12.2. The summed E-state index contributed by atoms with van der Waals surface area (Å²) in [7, 11) is 1.65. The molecule has 0 amide bonds. The minimum absolute atomic E-state index is 0.208. The van der Waals surface area contributed by atoms with E-state index in [1.54, 1.807) is 13.3 Å². The molecule has 17 heavy (non-hydrogen) atoms. The number of aromatic nitrogens is 1. The van der Waals surface area contributed by atoms with Gasteiger partial charge in [-0.2, -0.15) is 0 Å². The van der Waals surface area contributed by atoms with Crippen molar-refractivity contribution >= 4 is 0 Å². The van der Waals surface area contributed by atoms with Crippen LogP contribution in [0.15, 0.2) is 42.7 Å². The van der Waals surface area contributed by atoms with E-state index in [0.717, 1.165) is 22.4 Å². The maximum absolute atomic E-state index is 6.27. The zero-order chi connectivity index (χ0) is 12.3. The molecule has 0 radical (unpaired) electrons. The fourth-order valence-corrected chi connectivity index (χ4v) is 1.89. The van der Waals surface area contributed by atoms with Gasteiger partial charge in [0.25, 0.3) is 0 Å². The van der Waals surface area contributed by atoms with Crippen molar-refractivity contribution in [3.05, 3.63) is 59.4 Å². The number of aryl methyl sites for hydroxylation is 1. The molecule has 0 saturated heterocycles. The van der Waals surface area contributed by atoms with E-state index in [1.165, 1.54) is 0 Å². The van der Waals surface area contributed by atoms with Gasteiger partial charge in [0.05, 0.1) is 13.2 Å². The first-order valence-electron chi connectivity index (χ1n) is 5.53. The van der Waals surface area contributed by atoms with E-state index in [9.17, 15) is 0 Å². The van der Waals surface area contributed by atoms with Crippen LogP contribution in [-0.2, 0) is 0 Å². The molecule has 0 spiro atoms. The first kappa shape index (κ1) is 11.6. The molecule has 3 nitrogen and oxygen atoms in total. The van der Waals surface area contributed by atoms with Crippen LogP contribution in [0.5, 0.6) is 5.75 Å². The number of hydrogen-bond acceptors (Lipinski definition) is 3. The topological polar surface area (TPSA) is 48.1 Å². The molecular weight excluding hydrogens is 212 g/mol. The molecule has 0 saturated carbocycles. The Morgan fingerprint density at radius 3 is 2.65 bits per heavy atom. The summed E-state index contributed by atoms with van der Waals surface area (Å²) in [5.74, 6) is 0.809. The Kier molecular flexibility index (Phi) is 3.40. The van der Waals surface area contributed by atoms with Crippen LogP contribution in [0.1, 0.15) is 22.7 Å². The molecular formula is C14H16N2O. The van der Waals surface area contributed by atoms with Gasteiger partial charge in [-0.25, -0.2) is 0 Å². The Labute approximate surface area is 101 Å². The maximum Gasteiger partial charge on any atom is 0.123 e. The molecule has 1 aromatic carbocycles. The van der Waals surface area contributed by atoms with Gasteiger partial charge in [-0.3, -0.25) is 4.98 Å². The quantitative estimate of drug-likeness (QED) is 0.877. The third-order valence-electron chi connectivity index (χ3n) is 2.89. The van der Waals surface area contributed by atoms with Gasteiger partial charge in [0.15, 0.2) is 0 Å². The highest BCUT2D eigenvalue weighted by Gasteiger charge is 2.15. The number of ether oxygens (including phenoxy) is 1. The molecule has 1 aromatic heterocycles.